The molecule has 1 saturated heterocycles. The highest BCUT2D eigenvalue weighted by molar-refractivity contribution is 5.92. The van der Waals surface area contributed by atoms with Crippen molar-refractivity contribution in [1.29, 1.82) is 0 Å². The van der Waals surface area contributed by atoms with E-state index in [0.29, 0.717) is 0 Å². The van der Waals surface area contributed by atoms with Crippen molar-refractivity contribution < 1.29 is 0 Å². The zero-order valence-electron chi connectivity index (χ0n) is 12.2. The van der Waals surface area contributed by atoms with Gasteiger partial charge in [-0.3, -0.25) is 4.98 Å². The fourth-order valence-electron chi connectivity index (χ4n) is 2.91. The van der Waals surface area contributed by atoms with E-state index in [4.69, 9.17) is 0 Å². The Bertz CT molecular complexity index is 791. The van der Waals surface area contributed by atoms with Crippen molar-refractivity contribution in [3.63, 3.8) is 0 Å². The van der Waals surface area contributed by atoms with Gasteiger partial charge in [-0.15, -0.1) is 0 Å². The van der Waals surface area contributed by atoms with Crippen LogP contribution in [0, 0.1) is 0 Å². The number of aromatic nitrogens is 2. The number of anilines is 1. The van der Waals surface area contributed by atoms with Crippen molar-refractivity contribution in [3.8, 4) is 0 Å². The van der Waals surface area contributed by atoms with Crippen LogP contribution < -0.4 is 4.90 Å². The molecule has 0 aliphatic carbocycles. The van der Waals surface area contributed by atoms with Gasteiger partial charge in [-0.05, 0) is 43.4 Å². The number of fused-ring (bicyclic) bond motifs is 2. The third-order valence-corrected chi connectivity index (χ3v) is 4.23. The summed E-state index contributed by atoms with van der Waals surface area (Å²) >= 11 is 0. The Morgan fingerprint density at radius 2 is 1.76 bits per heavy atom. The molecule has 1 aliphatic rings. The van der Waals surface area contributed by atoms with Crippen LogP contribution in [0.2, 0.25) is 0 Å². The van der Waals surface area contributed by atoms with Crippen molar-refractivity contribution in [2.24, 2.45) is 0 Å². The number of hydrogen-bond acceptors (Lipinski definition) is 4. The third-order valence-electron chi connectivity index (χ3n) is 4.23. The first-order valence-electron chi connectivity index (χ1n) is 7.39. The smallest absolute Gasteiger partial charge is 0.0894 e. The highest BCUT2D eigenvalue weighted by Gasteiger charge is 2.14. The molecule has 0 saturated carbocycles. The first kappa shape index (κ1) is 12.5. The van der Waals surface area contributed by atoms with Gasteiger partial charge in [0.1, 0.15) is 0 Å². The van der Waals surface area contributed by atoms with Gasteiger partial charge in [0.25, 0.3) is 0 Å². The number of nitrogens with zero attached hydrogens (tertiary/aromatic N) is 4. The number of rotatable bonds is 1. The Balaban J connectivity index is 1.76. The molecular weight excluding hydrogens is 260 g/mol. The number of pyridine rings is 2. The monoisotopic (exact) mass is 278 g/mol. The van der Waals surface area contributed by atoms with Gasteiger partial charge in [0.2, 0.25) is 0 Å². The van der Waals surface area contributed by atoms with Crippen LogP contribution in [0.1, 0.15) is 0 Å². The first-order chi connectivity index (χ1) is 10.3. The quantitative estimate of drug-likeness (QED) is 0.640. The lowest BCUT2D eigenvalue weighted by Gasteiger charge is -2.34. The van der Waals surface area contributed by atoms with Gasteiger partial charge in [-0.2, -0.15) is 0 Å². The van der Waals surface area contributed by atoms with Crippen LogP contribution in [0.4, 0.5) is 5.69 Å². The van der Waals surface area contributed by atoms with Crippen molar-refractivity contribution in [3.05, 3.63) is 42.6 Å². The van der Waals surface area contributed by atoms with Crippen LogP contribution in [-0.4, -0.2) is 48.1 Å². The summed E-state index contributed by atoms with van der Waals surface area (Å²) in [4.78, 5) is 13.9. The molecule has 0 spiro atoms. The van der Waals surface area contributed by atoms with Gasteiger partial charge >= 0.3 is 0 Å². The number of likely N-dealkylation sites (N-methyl/N-ethyl adjacent to an activating group) is 1. The summed E-state index contributed by atoms with van der Waals surface area (Å²) in [7, 11) is 2.18. The minimum atomic E-state index is 0.956. The van der Waals surface area contributed by atoms with Gasteiger partial charge in [-0.1, -0.05) is 0 Å². The van der Waals surface area contributed by atoms with Crippen LogP contribution in [0.15, 0.2) is 42.6 Å². The van der Waals surface area contributed by atoms with Crippen molar-refractivity contribution in [2.45, 2.75) is 0 Å². The molecule has 0 N–H and O–H groups in total. The molecule has 106 valence electrons. The average molecular weight is 278 g/mol. The van der Waals surface area contributed by atoms with E-state index < -0.39 is 0 Å². The summed E-state index contributed by atoms with van der Waals surface area (Å²) in [6.45, 7) is 4.41. The Labute approximate surface area is 124 Å². The van der Waals surface area contributed by atoms with Crippen LogP contribution >= 0.6 is 0 Å². The van der Waals surface area contributed by atoms with E-state index in [1.165, 1.54) is 5.69 Å². The Kier molecular flexibility index (Phi) is 2.97. The van der Waals surface area contributed by atoms with Gasteiger partial charge in [0, 0.05) is 43.4 Å². The van der Waals surface area contributed by atoms with Crippen LogP contribution in [0.5, 0.6) is 0 Å². The lowest BCUT2D eigenvalue weighted by Crippen LogP contribution is -2.44. The van der Waals surface area contributed by atoms with Crippen LogP contribution in [0.25, 0.3) is 21.9 Å². The van der Waals surface area contributed by atoms with E-state index in [1.54, 1.807) is 0 Å². The minimum Gasteiger partial charge on any atom is -0.369 e. The van der Waals surface area contributed by atoms with Gasteiger partial charge in [0.05, 0.1) is 16.6 Å². The maximum absolute atomic E-state index is 4.69. The molecule has 1 fully saturated rings. The highest BCUT2D eigenvalue weighted by atomic mass is 15.2. The Hall–Kier alpha value is -2.20. The predicted molar refractivity (Wildman–Crippen MR) is 86.8 cm³/mol. The molecule has 0 bridgehead atoms. The molecule has 21 heavy (non-hydrogen) atoms. The topological polar surface area (TPSA) is 32.3 Å². The standard InChI is InChI=1S/C17H18N4/c1-20-7-9-21(10-8-20)14-4-5-15-13(11-14)12-17-16(19-15)3-2-6-18-17/h2-6,11-12H,7-10H2,1H3. The fraction of sp³-hybridized carbons (Fsp3) is 0.294. The first-order valence-corrected chi connectivity index (χ1v) is 7.39. The highest BCUT2D eigenvalue weighted by Crippen LogP contribution is 2.24. The van der Waals surface area contributed by atoms with E-state index in [9.17, 15) is 0 Å². The SMILES string of the molecule is CN1CCN(c2ccc3nc4cccnc4cc3c2)CC1. The molecule has 0 amide bonds. The van der Waals surface area contributed by atoms with E-state index >= 15 is 0 Å². The summed E-state index contributed by atoms with van der Waals surface area (Å²) in [5.74, 6) is 0. The fourth-order valence-corrected chi connectivity index (χ4v) is 2.91. The molecule has 1 aromatic carbocycles. The number of piperazine rings is 1. The molecule has 1 aliphatic heterocycles. The predicted octanol–water partition coefficient (Wildman–Crippen LogP) is 2.53. The molecule has 0 unspecified atom stereocenters. The summed E-state index contributed by atoms with van der Waals surface area (Å²) in [5, 5.41) is 1.16. The zero-order valence-corrected chi connectivity index (χ0v) is 12.2. The van der Waals surface area contributed by atoms with Gasteiger partial charge in [-0.25, -0.2) is 4.98 Å². The zero-order chi connectivity index (χ0) is 14.2. The summed E-state index contributed by atoms with van der Waals surface area (Å²) in [6, 6.07) is 12.6. The van der Waals surface area contributed by atoms with Crippen molar-refractivity contribution in [2.75, 3.05) is 38.1 Å². The number of hydrogen-bond donors (Lipinski definition) is 0. The van der Waals surface area contributed by atoms with Crippen molar-refractivity contribution >= 4 is 27.6 Å². The maximum Gasteiger partial charge on any atom is 0.0894 e. The molecular formula is C17H18N4. The molecule has 3 heterocycles. The van der Waals surface area contributed by atoms with E-state index in [0.717, 1.165) is 48.1 Å². The normalized spacial score (nSPS) is 16.7. The lowest BCUT2D eigenvalue weighted by atomic mass is 10.1. The molecule has 3 aromatic rings. The molecule has 4 rings (SSSR count). The second kappa shape index (κ2) is 4.97. The Morgan fingerprint density at radius 3 is 2.62 bits per heavy atom. The molecule has 4 heteroatoms. The molecule has 0 radical (unpaired) electrons. The second-order valence-corrected chi connectivity index (χ2v) is 5.70. The summed E-state index contributed by atoms with van der Waals surface area (Å²) in [6.07, 6.45) is 1.82. The minimum absolute atomic E-state index is 0.956. The maximum atomic E-state index is 4.69. The van der Waals surface area contributed by atoms with E-state index in [2.05, 4.69) is 51.1 Å². The Morgan fingerprint density at radius 1 is 0.905 bits per heavy atom. The van der Waals surface area contributed by atoms with Crippen molar-refractivity contribution in [1.82, 2.24) is 14.9 Å². The molecule has 0 atom stereocenters. The third kappa shape index (κ3) is 2.32. The molecule has 2 aromatic heterocycles. The van der Waals surface area contributed by atoms with Crippen LogP contribution in [0.3, 0.4) is 0 Å². The van der Waals surface area contributed by atoms with E-state index in [-0.39, 0.29) is 0 Å². The lowest BCUT2D eigenvalue weighted by molar-refractivity contribution is 0.313. The van der Waals surface area contributed by atoms with Gasteiger partial charge in [0.15, 0.2) is 0 Å². The van der Waals surface area contributed by atoms with Gasteiger partial charge < -0.3 is 9.80 Å². The van der Waals surface area contributed by atoms with Crippen LogP contribution in [-0.2, 0) is 0 Å². The largest absolute Gasteiger partial charge is 0.369 e. The second-order valence-electron chi connectivity index (χ2n) is 5.70. The summed E-state index contributed by atoms with van der Waals surface area (Å²) < 4.78 is 0. The van der Waals surface area contributed by atoms with E-state index in [1.807, 2.05) is 18.3 Å². The average Bonchev–Trinajstić information content (AvgIpc) is 2.53. The molecule has 4 nitrogen and oxygen atoms in total. The number of benzene rings is 1. The summed E-state index contributed by atoms with van der Waals surface area (Å²) in [5.41, 5.74) is 4.24.